The number of amides is 1. The van der Waals surface area contributed by atoms with Gasteiger partial charge in [-0.1, -0.05) is 45.7 Å². The highest BCUT2D eigenvalue weighted by Crippen LogP contribution is 2.39. The summed E-state index contributed by atoms with van der Waals surface area (Å²) >= 11 is 0. The van der Waals surface area contributed by atoms with Gasteiger partial charge in [-0.15, -0.1) is 0 Å². The molecule has 0 N–H and O–H groups in total. The molecule has 0 radical (unpaired) electrons. The molecule has 1 aromatic carbocycles. The average molecular weight is 379 g/mol. The summed E-state index contributed by atoms with van der Waals surface area (Å²) in [6.45, 7) is 7.94. The van der Waals surface area contributed by atoms with Crippen LogP contribution in [0.4, 0.5) is 0 Å². The van der Waals surface area contributed by atoms with Gasteiger partial charge in [0.25, 0.3) is 0 Å². The van der Waals surface area contributed by atoms with Gasteiger partial charge >= 0.3 is 0 Å². The second-order valence-electron chi connectivity index (χ2n) is 8.19. The summed E-state index contributed by atoms with van der Waals surface area (Å²) in [5.74, 6) is 0.576. The van der Waals surface area contributed by atoms with Crippen LogP contribution in [0.2, 0.25) is 0 Å². The Bertz CT molecular complexity index is 742. The number of sulfonamides is 1. The maximum atomic E-state index is 12.9. The van der Waals surface area contributed by atoms with E-state index >= 15 is 0 Å². The molecule has 2 aliphatic rings. The van der Waals surface area contributed by atoms with E-state index in [1.165, 1.54) is 4.31 Å². The van der Waals surface area contributed by atoms with Gasteiger partial charge < -0.3 is 4.90 Å². The first-order valence-corrected chi connectivity index (χ1v) is 11.1. The summed E-state index contributed by atoms with van der Waals surface area (Å²) in [6.07, 6.45) is 4.13. The Kier molecular flexibility index (Phi) is 5.45. The van der Waals surface area contributed by atoms with Crippen molar-refractivity contribution in [3.05, 3.63) is 29.8 Å². The predicted octanol–water partition coefficient (Wildman–Crippen LogP) is 3.22. The largest absolute Gasteiger partial charge is 0.340 e. The molecule has 3 rings (SSSR count). The molecule has 1 heterocycles. The third-order valence-corrected chi connectivity index (χ3v) is 7.85. The van der Waals surface area contributed by atoms with Gasteiger partial charge in [0.1, 0.15) is 0 Å². The maximum absolute atomic E-state index is 12.9. The summed E-state index contributed by atoms with van der Waals surface area (Å²) in [4.78, 5) is 15.0. The van der Waals surface area contributed by atoms with Crippen LogP contribution in [0.5, 0.6) is 0 Å². The molecule has 1 amide bonds. The van der Waals surface area contributed by atoms with E-state index in [0.29, 0.717) is 37.0 Å². The number of hydrogen-bond acceptors (Lipinski definition) is 3. The van der Waals surface area contributed by atoms with Gasteiger partial charge in [0.15, 0.2) is 0 Å². The number of rotatable bonds is 4. The number of nitrogens with zero attached hydrogens (tertiary/aromatic N) is 2. The zero-order valence-electron chi connectivity index (χ0n) is 16.1. The molecule has 26 heavy (non-hydrogen) atoms. The maximum Gasteiger partial charge on any atom is 0.243 e. The fraction of sp³-hybridized carbons (Fsp3) is 0.650. The van der Waals surface area contributed by atoms with Crippen molar-refractivity contribution in [1.82, 2.24) is 9.21 Å². The molecule has 0 unspecified atom stereocenters. The topological polar surface area (TPSA) is 57.7 Å². The van der Waals surface area contributed by atoms with Crippen molar-refractivity contribution in [3.8, 4) is 0 Å². The van der Waals surface area contributed by atoms with Crippen LogP contribution < -0.4 is 0 Å². The van der Waals surface area contributed by atoms with Crippen LogP contribution in [0.25, 0.3) is 0 Å². The summed E-state index contributed by atoms with van der Waals surface area (Å²) in [6, 6.07) is 7.17. The van der Waals surface area contributed by atoms with Gasteiger partial charge in [-0.05, 0) is 36.5 Å². The average Bonchev–Trinajstić information content (AvgIpc) is 3.09. The van der Waals surface area contributed by atoms with Crippen LogP contribution in [0.3, 0.4) is 0 Å². The van der Waals surface area contributed by atoms with E-state index in [2.05, 4.69) is 20.8 Å². The van der Waals surface area contributed by atoms with Crippen molar-refractivity contribution in [1.29, 1.82) is 0 Å². The number of hydrogen-bond donors (Lipinski definition) is 0. The van der Waals surface area contributed by atoms with E-state index in [4.69, 9.17) is 0 Å². The monoisotopic (exact) mass is 378 g/mol. The minimum atomic E-state index is -3.49. The Balaban J connectivity index is 1.66. The fourth-order valence-electron chi connectivity index (χ4n) is 4.06. The van der Waals surface area contributed by atoms with Crippen LogP contribution in [-0.4, -0.2) is 49.7 Å². The van der Waals surface area contributed by atoms with E-state index in [1.54, 1.807) is 12.1 Å². The van der Waals surface area contributed by atoms with E-state index in [0.717, 1.165) is 31.2 Å². The molecule has 0 spiro atoms. The molecule has 1 saturated carbocycles. The molecule has 6 heteroatoms. The van der Waals surface area contributed by atoms with Gasteiger partial charge in [0, 0.05) is 31.6 Å². The first-order valence-electron chi connectivity index (χ1n) is 9.63. The number of carbonyl (C=O) groups excluding carboxylic acids is 1. The van der Waals surface area contributed by atoms with Crippen molar-refractivity contribution in [3.63, 3.8) is 0 Å². The molecule has 144 valence electrons. The Hall–Kier alpha value is -1.40. The Morgan fingerprint density at radius 3 is 2.04 bits per heavy atom. The third kappa shape index (κ3) is 3.67. The van der Waals surface area contributed by atoms with Crippen LogP contribution in [0.1, 0.15) is 57.9 Å². The molecule has 1 aliphatic carbocycles. The number of benzene rings is 1. The normalized spacial score (nSPS) is 21.3. The van der Waals surface area contributed by atoms with Gasteiger partial charge in [0.05, 0.1) is 4.90 Å². The Labute approximate surface area is 157 Å². The lowest BCUT2D eigenvalue weighted by Gasteiger charge is -2.38. The van der Waals surface area contributed by atoms with Gasteiger partial charge in [0.2, 0.25) is 15.9 Å². The molecule has 0 bridgehead atoms. The second kappa shape index (κ2) is 7.31. The lowest BCUT2D eigenvalue weighted by molar-refractivity contribution is -0.142. The molecule has 5 nitrogen and oxygen atoms in total. The summed E-state index contributed by atoms with van der Waals surface area (Å²) < 4.78 is 27.3. The lowest BCUT2D eigenvalue weighted by atomic mass is 9.87. The molecule has 0 atom stereocenters. The SMILES string of the molecule is CC(C)c1ccc(S(=O)(=O)N2CCN(C(=O)C3(C)CCCC3)CC2)cc1. The predicted molar refractivity (Wildman–Crippen MR) is 102 cm³/mol. The minimum absolute atomic E-state index is 0.202. The first-order chi connectivity index (χ1) is 12.2. The molecular formula is C20H30N2O3S. The lowest BCUT2D eigenvalue weighted by Crippen LogP contribution is -2.53. The number of carbonyl (C=O) groups is 1. The van der Waals surface area contributed by atoms with Crippen molar-refractivity contribution in [2.45, 2.75) is 57.3 Å². The molecule has 2 fully saturated rings. The highest BCUT2D eigenvalue weighted by Gasteiger charge is 2.40. The number of piperazine rings is 1. The smallest absolute Gasteiger partial charge is 0.243 e. The van der Waals surface area contributed by atoms with Gasteiger partial charge in [-0.2, -0.15) is 4.31 Å². The molecule has 0 aromatic heterocycles. The van der Waals surface area contributed by atoms with Crippen LogP contribution in [0, 0.1) is 5.41 Å². The quantitative estimate of drug-likeness (QED) is 0.808. The zero-order valence-corrected chi connectivity index (χ0v) is 16.9. The fourth-order valence-corrected chi connectivity index (χ4v) is 5.48. The van der Waals surface area contributed by atoms with Crippen molar-refractivity contribution in [2.24, 2.45) is 5.41 Å². The van der Waals surface area contributed by atoms with E-state index < -0.39 is 10.0 Å². The van der Waals surface area contributed by atoms with Crippen molar-refractivity contribution in [2.75, 3.05) is 26.2 Å². The third-order valence-electron chi connectivity index (χ3n) is 5.93. The van der Waals surface area contributed by atoms with Crippen molar-refractivity contribution >= 4 is 15.9 Å². The van der Waals surface area contributed by atoms with Gasteiger partial charge in [-0.25, -0.2) is 8.42 Å². The van der Waals surface area contributed by atoms with E-state index in [-0.39, 0.29) is 11.3 Å². The van der Waals surface area contributed by atoms with Crippen LogP contribution in [0.15, 0.2) is 29.2 Å². The first kappa shape index (κ1) is 19.4. The molecule has 1 aliphatic heterocycles. The van der Waals surface area contributed by atoms with Crippen LogP contribution >= 0.6 is 0 Å². The summed E-state index contributed by atoms with van der Waals surface area (Å²) in [5.41, 5.74) is 0.887. The van der Waals surface area contributed by atoms with Crippen LogP contribution in [-0.2, 0) is 14.8 Å². The van der Waals surface area contributed by atoms with Gasteiger partial charge in [-0.3, -0.25) is 4.79 Å². The Morgan fingerprint density at radius 2 is 1.54 bits per heavy atom. The Morgan fingerprint density at radius 1 is 1.00 bits per heavy atom. The molecular weight excluding hydrogens is 348 g/mol. The molecule has 1 aromatic rings. The minimum Gasteiger partial charge on any atom is -0.340 e. The highest BCUT2D eigenvalue weighted by molar-refractivity contribution is 7.89. The second-order valence-corrected chi connectivity index (χ2v) is 10.1. The highest BCUT2D eigenvalue weighted by atomic mass is 32.2. The summed E-state index contributed by atoms with van der Waals surface area (Å²) in [7, 11) is -3.49. The molecule has 1 saturated heterocycles. The zero-order chi connectivity index (χ0) is 18.9. The standard InChI is InChI=1S/C20H30N2O3S/c1-16(2)17-6-8-18(9-7-17)26(24,25)22-14-12-21(13-15-22)19(23)20(3)10-4-5-11-20/h6-9,16H,4-5,10-15H2,1-3H3. The van der Waals surface area contributed by atoms with Crippen molar-refractivity contribution < 1.29 is 13.2 Å². The van der Waals surface area contributed by atoms with E-state index in [9.17, 15) is 13.2 Å². The summed E-state index contributed by atoms with van der Waals surface area (Å²) in [5, 5.41) is 0. The van der Waals surface area contributed by atoms with E-state index in [1.807, 2.05) is 17.0 Å².